The fourth-order valence-corrected chi connectivity index (χ4v) is 5.10. The van der Waals surface area contributed by atoms with E-state index < -0.39 is 5.41 Å². The highest BCUT2D eigenvalue weighted by atomic mass is 32.2. The topological polar surface area (TPSA) is 78.3 Å². The quantitative estimate of drug-likeness (QED) is 0.587. The number of rotatable bonds is 5. The van der Waals surface area contributed by atoms with Gasteiger partial charge in [0.1, 0.15) is 5.82 Å². The number of aromatic nitrogens is 2. The number of fused-ring (bicyclic) bond motifs is 2. The third-order valence-corrected chi connectivity index (χ3v) is 7.01. The van der Waals surface area contributed by atoms with Crippen LogP contribution in [0.4, 0.5) is 17.5 Å². The Hall–Kier alpha value is -2.06. The standard InChI is InChI=1S/C21H23BN4O2S/c22-12-29-16-6-4-13(5-7-16)24-20-23-11-17-18(25-20)26(19(28)21(17)8-9-21)14-2-1-3-15(27)10-14/h4-7,11,14-15,27H,1-3,8-10,12H2,(H,23,24,25). The molecule has 3 aliphatic rings. The van der Waals surface area contributed by atoms with E-state index >= 15 is 0 Å². The molecule has 1 amide bonds. The van der Waals surface area contributed by atoms with Gasteiger partial charge in [-0.1, -0.05) is 0 Å². The number of amides is 1. The van der Waals surface area contributed by atoms with E-state index in [0.29, 0.717) is 18.0 Å². The summed E-state index contributed by atoms with van der Waals surface area (Å²) in [5, 5.41) is 13.4. The number of anilines is 3. The number of aliphatic hydroxyl groups is 1. The number of nitrogens with one attached hydrogen (secondary N) is 1. The lowest BCUT2D eigenvalue weighted by Gasteiger charge is -2.33. The Balaban J connectivity index is 1.43. The predicted octanol–water partition coefficient (Wildman–Crippen LogP) is 3.12. The second-order valence-electron chi connectivity index (χ2n) is 8.12. The Morgan fingerprint density at radius 2 is 2.07 bits per heavy atom. The van der Waals surface area contributed by atoms with E-state index in [1.54, 1.807) is 11.8 Å². The first kappa shape index (κ1) is 18.9. The normalized spacial score (nSPS) is 24.6. The van der Waals surface area contributed by atoms with Crippen molar-refractivity contribution in [1.29, 1.82) is 0 Å². The molecule has 2 radical (unpaired) electrons. The molecule has 0 bridgehead atoms. The zero-order chi connectivity index (χ0) is 20.0. The van der Waals surface area contributed by atoms with E-state index in [2.05, 4.69) is 10.3 Å². The summed E-state index contributed by atoms with van der Waals surface area (Å²) in [7, 11) is 5.57. The number of benzene rings is 1. The van der Waals surface area contributed by atoms with Crippen molar-refractivity contribution in [3.8, 4) is 0 Å². The van der Waals surface area contributed by atoms with Crippen molar-refractivity contribution in [1.82, 2.24) is 9.97 Å². The van der Waals surface area contributed by atoms with Crippen LogP contribution in [0.2, 0.25) is 0 Å². The number of hydrogen-bond donors (Lipinski definition) is 2. The molecule has 1 aliphatic heterocycles. The van der Waals surface area contributed by atoms with Crippen molar-refractivity contribution in [2.24, 2.45) is 0 Å². The molecule has 2 N–H and O–H groups in total. The fraction of sp³-hybridized carbons (Fsp3) is 0.476. The zero-order valence-corrected chi connectivity index (χ0v) is 17.0. The van der Waals surface area contributed by atoms with Crippen LogP contribution < -0.4 is 10.2 Å². The Bertz CT molecular complexity index is 935. The molecule has 1 aromatic carbocycles. The van der Waals surface area contributed by atoms with E-state index in [-0.39, 0.29) is 18.1 Å². The van der Waals surface area contributed by atoms with Gasteiger partial charge in [-0.15, -0.1) is 11.8 Å². The minimum Gasteiger partial charge on any atom is -0.393 e. The van der Waals surface area contributed by atoms with Crippen molar-refractivity contribution in [2.75, 3.05) is 15.9 Å². The van der Waals surface area contributed by atoms with E-state index in [1.165, 1.54) is 0 Å². The van der Waals surface area contributed by atoms with Gasteiger partial charge < -0.3 is 10.4 Å². The molecule has 6 nitrogen and oxygen atoms in total. The van der Waals surface area contributed by atoms with E-state index in [0.717, 1.165) is 54.1 Å². The SMILES string of the molecule is [B]CSc1ccc(Nc2ncc3c(n2)N(C2CCCC(O)C2)C(=O)C32CC2)cc1. The smallest absolute Gasteiger partial charge is 0.239 e. The molecule has 148 valence electrons. The van der Waals surface area contributed by atoms with Crippen molar-refractivity contribution in [2.45, 2.75) is 61.0 Å². The van der Waals surface area contributed by atoms with Crippen LogP contribution in [-0.2, 0) is 10.2 Å². The van der Waals surface area contributed by atoms with Crippen LogP contribution in [-0.4, -0.2) is 46.6 Å². The highest BCUT2D eigenvalue weighted by Gasteiger charge is 2.61. The van der Waals surface area contributed by atoms with Gasteiger partial charge in [-0.25, -0.2) is 4.98 Å². The lowest BCUT2D eigenvalue weighted by Crippen LogP contribution is -2.44. The van der Waals surface area contributed by atoms with Crippen LogP contribution in [0.3, 0.4) is 0 Å². The van der Waals surface area contributed by atoms with Crippen molar-refractivity contribution in [3.05, 3.63) is 36.0 Å². The lowest BCUT2D eigenvalue weighted by atomic mass is 9.92. The first-order valence-corrected chi connectivity index (χ1v) is 11.2. The van der Waals surface area contributed by atoms with Gasteiger partial charge in [-0.3, -0.25) is 9.69 Å². The van der Waals surface area contributed by atoms with Gasteiger partial charge >= 0.3 is 0 Å². The number of carbonyl (C=O) groups is 1. The zero-order valence-electron chi connectivity index (χ0n) is 16.2. The molecule has 2 unspecified atom stereocenters. The molecule has 0 saturated heterocycles. The molecule has 2 atom stereocenters. The first-order valence-electron chi connectivity index (χ1n) is 10.2. The first-order chi connectivity index (χ1) is 14.1. The molecular weight excluding hydrogens is 383 g/mol. The second kappa shape index (κ2) is 7.33. The molecule has 1 spiro atoms. The second-order valence-corrected chi connectivity index (χ2v) is 9.22. The molecule has 29 heavy (non-hydrogen) atoms. The largest absolute Gasteiger partial charge is 0.393 e. The summed E-state index contributed by atoms with van der Waals surface area (Å²) in [6, 6.07) is 7.96. The van der Waals surface area contributed by atoms with Crippen molar-refractivity contribution < 1.29 is 9.90 Å². The summed E-state index contributed by atoms with van der Waals surface area (Å²) < 4.78 is 0. The Morgan fingerprint density at radius 3 is 2.76 bits per heavy atom. The summed E-state index contributed by atoms with van der Waals surface area (Å²) in [5.74, 6) is 1.34. The lowest BCUT2D eigenvalue weighted by molar-refractivity contribution is -0.121. The monoisotopic (exact) mass is 406 g/mol. The molecule has 2 saturated carbocycles. The van der Waals surface area contributed by atoms with E-state index in [1.807, 2.05) is 35.4 Å². The molecule has 5 rings (SSSR count). The maximum absolute atomic E-state index is 13.3. The van der Waals surface area contributed by atoms with E-state index in [9.17, 15) is 9.90 Å². The third kappa shape index (κ3) is 3.32. The van der Waals surface area contributed by atoms with Crippen LogP contribution in [0.25, 0.3) is 0 Å². The summed E-state index contributed by atoms with van der Waals surface area (Å²) >= 11 is 1.58. The highest BCUT2D eigenvalue weighted by molar-refractivity contribution is 8.00. The number of hydrogen-bond acceptors (Lipinski definition) is 6. The van der Waals surface area contributed by atoms with Gasteiger partial charge in [0.05, 0.1) is 19.4 Å². The number of carbonyl (C=O) groups excluding carboxylic acids is 1. The highest BCUT2D eigenvalue weighted by Crippen LogP contribution is 2.57. The fourth-order valence-electron chi connectivity index (χ4n) is 4.58. The molecule has 2 aromatic rings. The summed E-state index contributed by atoms with van der Waals surface area (Å²) in [6.07, 6.45) is 6.47. The number of thioether (sulfide) groups is 1. The van der Waals surface area contributed by atoms with Crippen LogP contribution in [0, 0.1) is 0 Å². The average molecular weight is 406 g/mol. The number of nitrogens with zero attached hydrogens (tertiary/aromatic N) is 3. The molecule has 2 aliphatic carbocycles. The van der Waals surface area contributed by atoms with Gasteiger partial charge in [-0.2, -0.15) is 4.98 Å². The Kier molecular flexibility index (Phi) is 4.78. The number of aliphatic hydroxyl groups excluding tert-OH is 1. The minimum atomic E-state index is -0.419. The molecule has 8 heteroatoms. The molecular formula is C21H23BN4O2S. The van der Waals surface area contributed by atoms with Crippen LogP contribution in [0.15, 0.2) is 35.4 Å². The van der Waals surface area contributed by atoms with Gasteiger partial charge in [0.2, 0.25) is 11.9 Å². The van der Waals surface area contributed by atoms with Gasteiger partial charge in [-0.05, 0) is 68.4 Å². The summed E-state index contributed by atoms with van der Waals surface area (Å²) in [6.45, 7) is 0. The van der Waals surface area contributed by atoms with E-state index in [4.69, 9.17) is 12.8 Å². The Labute approximate surface area is 175 Å². The average Bonchev–Trinajstić information content (AvgIpc) is 3.48. The van der Waals surface area contributed by atoms with Crippen molar-refractivity contribution >= 4 is 43.0 Å². The summed E-state index contributed by atoms with van der Waals surface area (Å²) in [5.41, 5.74) is 1.96. The molecule has 1 aromatic heterocycles. The van der Waals surface area contributed by atoms with Crippen LogP contribution in [0.5, 0.6) is 0 Å². The van der Waals surface area contributed by atoms with Gasteiger partial charge in [0.25, 0.3) is 0 Å². The minimum absolute atomic E-state index is 0.0142. The van der Waals surface area contributed by atoms with Gasteiger partial charge in [0.15, 0.2) is 0 Å². The maximum atomic E-state index is 13.3. The summed E-state index contributed by atoms with van der Waals surface area (Å²) in [4.78, 5) is 25.5. The Morgan fingerprint density at radius 1 is 1.28 bits per heavy atom. The maximum Gasteiger partial charge on any atom is 0.239 e. The van der Waals surface area contributed by atoms with Crippen LogP contribution in [0.1, 0.15) is 44.1 Å². The van der Waals surface area contributed by atoms with Crippen LogP contribution >= 0.6 is 11.8 Å². The molecule has 2 fully saturated rings. The van der Waals surface area contributed by atoms with Crippen molar-refractivity contribution in [3.63, 3.8) is 0 Å². The van der Waals surface area contributed by atoms with Gasteiger partial charge in [0, 0.05) is 28.4 Å². The molecule has 2 heterocycles. The third-order valence-electron chi connectivity index (χ3n) is 6.24. The predicted molar refractivity (Wildman–Crippen MR) is 115 cm³/mol.